The van der Waals surface area contributed by atoms with Crippen LogP contribution in [0.15, 0.2) is 0 Å². The van der Waals surface area contributed by atoms with Gasteiger partial charge in [-0.15, -0.1) is 37.2 Å². The topological polar surface area (TPSA) is 63.3 Å². The van der Waals surface area contributed by atoms with Crippen molar-refractivity contribution in [3.63, 3.8) is 0 Å². The Morgan fingerprint density at radius 3 is 1.56 bits per heavy atom. The molecular formula is C3H10Cl3NO2. The zero-order chi connectivity index (χ0) is 5.15. The number of nitrogens with two attached hydrogens (primary N) is 1. The molecule has 1 atom stereocenters. The fraction of sp³-hybridized carbons (Fsp3) is 0.667. The minimum Gasteiger partial charge on any atom is -0.480 e. The second kappa shape index (κ2) is 11.1. The molecule has 0 saturated carbocycles. The van der Waals surface area contributed by atoms with E-state index in [1.165, 1.54) is 6.92 Å². The van der Waals surface area contributed by atoms with E-state index < -0.39 is 12.0 Å². The van der Waals surface area contributed by atoms with Gasteiger partial charge in [-0.2, -0.15) is 0 Å². The van der Waals surface area contributed by atoms with Gasteiger partial charge in [0, 0.05) is 0 Å². The van der Waals surface area contributed by atoms with E-state index in [1.54, 1.807) is 0 Å². The normalized spacial score (nSPS) is 9.11. The molecule has 0 aliphatic carbocycles. The van der Waals surface area contributed by atoms with Crippen LogP contribution in [0.1, 0.15) is 6.92 Å². The van der Waals surface area contributed by atoms with Crippen LogP contribution >= 0.6 is 37.2 Å². The molecule has 0 unspecified atom stereocenters. The highest BCUT2D eigenvalue weighted by molar-refractivity contribution is 5.86. The summed E-state index contributed by atoms with van der Waals surface area (Å²) in [5.41, 5.74) is 4.84. The van der Waals surface area contributed by atoms with Crippen molar-refractivity contribution < 1.29 is 9.90 Å². The molecule has 3 N–H and O–H groups in total. The van der Waals surface area contributed by atoms with E-state index in [4.69, 9.17) is 10.8 Å². The van der Waals surface area contributed by atoms with Crippen LogP contribution in [-0.2, 0) is 4.79 Å². The molecule has 0 heterocycles. The number of carbonyl (C=O) groups is 1. The highest BCUT2D eigenvalue weighted by Gasteiger charge is 1.99. The minimum absolute atomic E-state index is 0. The lowest BCUT2D eigenvalue weighted by Crippen LogP contribution is -2.25. The highest BCUT2D eigenvalue weighted by atomic mass is 35.5. The van der Waals surface area contributed by atoms with Gasteiger partial charge in [0.25, 0.3) is 0 Å². The Labute approximate surface area is 72.2 Å². The largest absolute Gasteiger partial charge is 0.480 e. The number of hydrogen-bond donors (Lipinski definition) is 2. The molecule has 0 saturated heterocycles. The van der Waals surface area contributed by atoms with Crippen molar-refractivity contribution in [2.24, 2.45) is 5.73 Å². The van der Waals surface area contributed by atoms with Crippen molar-refractivity contribution in [2.75, 3.05) is 0 Å². The molecule has 0 aliphatic rings. The number of carboxylic acids is 1. The average molecular weight is 198 g/mol. The smallest absolute Gasteiger partial charge is 0.320 e. The van der Waals surface area contributed by atoms with Gasteiger partial charge in [-0.1, -0.05) is 0 Å². The first kappa shape index (κ1) is 22.8. The summed E-state index contributed by atoms with van der Waals surface area (Å²) in [5.74, 6) is -0.963. The summed E-state index contributed by atoms with van der Waals surface area (Å²) in [4.78, 5) is 9.57. The quantitative estimate of drug-likeness (QED) is 0.651. The zero-order valence-electron chi connectivity index (χ0n) is 4.73. The summed E-state index contributed by atoms with van der Waals surface area (Å²) in [6.07, 6.45) is 0. The Bertz CT molecular complexity index is 68.1. The van der Waals surface area contributed by atoms with Crippen LogP contribution in [0.25, 0.3) is 0 Å². The predicted octanol–water partition coefficient (Wildman–Crippen LogP) is 0.684. The van der Waals surface area contributed by atoms with E-state index in [1.807, 2.05) is 0 Å². The summed E-state index contributed by atoms with van der Waals surface area (Å²) < 4.78 is 0. The average Bonchev–Trinajstić information content (AvgIpc) is 1.36. The molecular weight excluding hydrogens is 188 g/mol. The second-order valence-electron chi connectivity index (χ2n) is 1.13. The fourth-order valence-corrected chi connectivity index (χ4v) is 0. The predicted molar refractivity (Wildman–Crippen MR) is 43.0 cm³/mol. The third kappa shape index (κ3) is 17.8. The van der Waals surface area contributed by atoms with Crippen LogP contribution in [0.5, 0.6) is 0 Å². The van der Waals surface area contributed by atoms with Gasteiger partial charge in [0.2, 0.25) is 0 Å². The first-order valence-electron chi connectivity index (χ1n) is 1.63. The van der Waals surface area contributed by atoms with E-state index in [9.17, 15) is 4.79 Å². The van der Waals surface area contributed by atoms with Gasteiger partial charge in [0.05, 0.1) is 0 Å². The lowest BCUT2D eigenvalue weighted by atomic mass is 10.4. The van der Waals surface area contributed by atoms with Gasteiger partial charge in [0.15, 0.2) is 0 Å². The molecule has 9 heavy (non-hydrogen) atoms. The van der Waals surface area contributed by atoms with Crippen molar-refractivity contribution in [1.29, 1.82) is 0 Å². The van der Waals surface area contributed by atoms with Gasteiger partial charge in [-0.05, 0) is 6.92 Å². The van der Waals surface area contributed by atoms with Crippen LogP contribution < -0.4 is 5.73 Å². The monoisotopic (exact) mass is 197 g/mol. The third-order valence-corrected chi connectivity index (χ3v) is 0.390. The molecule has 0 aliphatic heterocycles. The first-order chi connectivity index (χ1) is 2.64. The molecule has 0 aromatic rings. The number of halogens is 3. The van der Waals surface area contributed by atoms with Crippen molar-refractivity contribution >= 4 is 43.2 Å². The van der Waals surface area contributed by atoms with Crippen molar-refractivity contribution in [3.05, 3.63) is 0 Å². The lowest BCUT2D eigenvalue weighted by molar-refractivity contribution is -0.138. The molecule has 0 bridgehead atoms. The molecule has 0 rings (SSSR count). The maximum absolute atomic E-state index is 9.57. The Hall–Kier alpha value is 0.300. The van der Waals surface area contributed by atoms with Gasteiger partial charge in [-0.3, -0.25) is 4.79 Å². The van der Waals surface area contributed by atoms with E-state index in [0.29, 0.717) is 0 Å². The van der Waals surface area contributed by atoms with Crippen LogP contribution in [0.2, 0.25) is 0 Å². The number of rotatable bonds is 1. The first-order valence-corrected chi connectivity index (χ1v) is 1.63. The van der Waals surface area contributed by atoms with Crippen molar-refractivity contribution in [1.82, 2.24) is 0 Å². The Morgan fingerprint density at radius 2 is 1.56 bits per heavy atom. The Balaban J connectivity index is -0.0000000417. The van der Waals surface area contributed by atoms with Crippen molar-refractivity contribution in [3.8, 4) is 0 Å². The van der Waals surface area contributed by atoms with Gasteiger partial charge < -0.3 is 10.8 Å². The van der Waals surface area contributed by atoms with E-state index in [0.717, 1.165) is 0 Å². The van der Waals surface area contributed by atoms with Crippen LogP contribution in [0.3, 0.4) is 0 Å². The summed E-state index contributed by atoms with van der Waals surface area (Å²) in [6.45, 7) is 1.42. The van der Waals surface area contributed by atoms with Gasteiger partial charge in [0.1, 0.15) is 6.04 Å². The molecule has 0 amide bonds. The number of aliphatic carboxylic acids is 1. The number of hydrogen-bond acceptors (Lipinski definition) is 2. The van der Waals surface area contributed by atoms with Crippen LogP contribution in [0.4, 0.5) is 0 Å². The summed E-state index contributed by atoms with van der Waals surface area (Å²) in [6, 6.07) is -0.731. The van der Waals surface area contributed by atoms with Crippen LogP contribution in [0, 0.1) is 0 Å². The molecule has 0 spiro atoms. The SMILES string of the molecule is C[C@H](N)C(=O)O.Cl.Cl.Cl. The molecule has 0 aromatic heterocycles. The van der Waals surface area contributed by atoms with Crippen molar-refractivity contribution in [2.45, 2.75) is 13.0 Å². The molecule has 0 aromatic carbocycles. The maximum Gasteiger partial charge on any atom is 0.320 e. The molecule has 0 radical (unpaired) electrons. The number of carboxylic acid groups (broad SMARTS) is 1. The summed E-state index contributed by atoms with van der Waals surface area (Å²) in [7, 11) is 0. The van der Waals surface area contributed by atoms with Gasteiger partial charge >= 0.3 is 5.97 Å². The highest BCUT2D eigenvalue weighted by Crippen LogP contribution is 1.68. The van der Waals surface area contributed by atoms with Crippen LogP contribution in [-0.4, -0.2) is 17.1 Å². The standard InChI is InChI=1S/C3H7NO2.3ClH/c1-2(4)3(5)6;;;/h2H,4H2,1H3,(H,5,6);3*1H/t2-;;;/m0.../s1. The Kier molecular flexibility index (Phi) is 28.2. The second-order valence-corrected chi connectivity index (χ2v) is 1.13. The Morgan fingerprint density at radius 1 is 1.44 bits per heavy atom. The van der Waals surface area contributed by atoms with E-state index in [-0.39, 0.29) is 37.2 Å². The fourth-order valence-electron chi connectivity index (χ4n) is 0. The lowest BCUT2D eigenvalue weighted by Gasteiger charge is -1.90. The zero-order valence-corrected chi connectivity index (χ0v) is 7.18. The molecule has 60 valence electrons. The van der Waals surface area contributed by atoms with E-state index >= 15 is 0 Å². The van der Waals surface area contributed by atoms with Gasteiger partial charge in [-0.25, -0.2) is 0 Å². The third-order valence-electron chi connectivity index (χ3n) is 0.390. The summed E-state index contributed by atoms with van der Waals surface area (Å²) in [5, 5.41) is 7.87. The summed E-state index contributed by atoms with van der Waals surface area (Å²) >= 11 is 0. The maximum atomic E-state index is 9.57. The minimum atomic E-state index is -0.963. The molecule has 0 fully saturated rings. The van der Waals surface area contributed by atoms with E-state index in [2.05, 4.69) is 0 Å². The molecule has 6 heteroatoms. The molecule has 3 nitrogen and oxygen atoms in total.